The number of hydrogen-bond donors (Lipinski definition) is 0. The van der Waals surface area contributed by atoms with Crippen molar-refractivity contribution >= 4 is 11.6 Å². The molecule has 0 heterocycles. The fraction of sp³-hybridized carbons (Fsp3) is 0.0667. The van der Waals surface area contributed by atoms with Gasteiger partial charge in [-0.15, -0.1) is 0 Å². The Morgan fingerprint density at radius 1 is 0.882 bits per heavy atom. The zero-order valence-electron chi connectivity index (χ0n) is 9.30. The summed E-state index contributed by atoms with van der Waals surface area (Å²) in [5.41, 5.74) is 0.972. The Labute approximate surface area is 100.0 Å². The molecule has 0 N–H and O–H groups in total. The molecule has 1 aromatic rings. The lowest BCUT2D eigenvalue weighted by Gasteiger charge is -2.02. The van der Waals surface area contributed by atoms with E-state index in [2.05, 4.69) is 0 Å². The number of carbonyl (C=O) groups is 2. The van der Waals surface area contributed by atoms with Gasteiger partial charge in [0.25, 0.3) is 0 Å². The summed E-state index contributed by atoms with van der Waals surface area (Å²) in [6, 6.07) is 8.63. The van der Waals surface area contributed by atoms with Crippen LogP contribution in [0, 0.1) is 0 Å². The molecule has 0 aliphatic heterocycles. The van der Waals surface area contributed by atoms with Crippen molar-refractivity contribution in [2.45, 2.75) is 6.42 Å². The summed E-state index contributed by atoms with van der Waals surface area (Å²) in [5, 5.41) is 0. The third-order valence-corrected chi connectivity index (χ3v) is 2.53. The molecule has 1 aliphatic rings. The number of rotatable bonds is 3. The molecule has 1 aromatic carbocycles. The Morgan fingerprint density at radius 3 is 2.41 bits per heavy atom. The van der Waals surface area contributed by atoms with Crippen molar-refractivity contribution < 1.29 is 9.59 Å². The lowest BCUT2D eigenvalue weighted by molar-refractivity contribution is -0.111. The minimum Gasteiger partial charge on any atom is -0.285 e. The number of Topliss-reactive ketones (excluding diaryl/α,β-unsaturated/α-hetero) is 2. The largest absolute Gasteiger partial charge is 0.285 e. The van der Waals surface area contributed by atoms with E-state index in [4.69, 9.17) is 0 Å². The highest BCUT2D eigenvalue weighted by atomic mass is 16.2. The van der Waals surface area contributed by atoms with Gasteiger partial charge in [-0.25, -0.2) is 0 Å². The maximum Gasteiger partial charge on any atom is 0.233 e. The summed E-state index contributed by atoms with van der Waals surface area (Å²) in [6.45, 7) is 0. The summed E-state index contributed by atoms with van der Waals surface area (Å²) in [7, 11) is 0. The van der Waals surface area contributed by atoms with Gasteiger partial charge in [0.05, 0.1) is 0 Å². The van der Waals surface area contributed by atoms with Crippen LogP contribution in [0.1, 0.15) is 16.8 Å². The van der Waals surface area contributed by atoms with Crippen LogP contribution in [0.2, 0.25) is 0 Å². The van der Waals surface area contributed by atoms with Crippen molar-refractivity contribution in [2.24, 2.45) is 0 Å². The first kappa shape index (κ1) is 11.3. The van der Waals surface area contributed by atoms with Gasteiger partial charge in [0.1, 0.15) is 0 Å². The van der Waals surface area contributed by atoms with E-state index >= 15 is 0 Å². The molecule has 0 fully saturated rings. The predicted molar refractivity (Wildman–Crippen MR) is 66.8 cm³/mol. The Kier molecular flexibility index (Phi) is 3.46. The van der Waals surface area contributed by atoms with E-state index in [0.717, 1.165) is 0 Å². The maximum atomic E-state index is 12.0. The van der Waals surface area contributed by atoms with Crippen molar-refractivity contribution in [1.29, 1.82) is 0 Å². The van der Waals surface area contributed by atoms with Crippen LogP contribution >= 0.6 is 0 Å². The second-order valence-corrected chi connectivity index (χ2v) is 3.73. The van der Waals surface area contributed by atoms with E-state index in [0.29, 0.717) is 17.6 Å². The fourth-order valence-electron chi connectivity index (χ4n) is 1.61. The van der Waals surface area contributed by atoms with Crippen molar-refractivity contribution in [2.75, 3.05) is 0 Å². The molecule has 84 valence electrons. The highest BCUT2D eigenvalue weighted by molar-refractivity contribution is 6.49. The molecular weight excluding hydrogens is 212 g/mol. The third-order valence-electron chi connectivity index (χ3n) is 2.53. The van der Waals surface area contributed by atoms with Crippen LogP contribution < -0.4 is 0 Å². The standard InChI is InChI=1S/C15H12O2/c16-14(12-8-4-1-2-5-9-12)15(17)13-10-6-3-7-11-13/h1-8,10-11H,9H2. The molecular formula is C15H12O2. The van der Waals surface area contributed by atoms with Crippen molar-refractivity contribution in [3.63, 3.8) is 0 Å². The van der Waals surface area contributed by atoms with Gasteiger partial charge < -0.3 is 0 Å². The second kappa shape index (κ2) is 5.21. The van der Waals surface area contributed by atoms with Crippen molar-refractivity contribution in [3.05, 3.63) is 71.8 Å². The number of hydrogen-bond acceptors (Lipinski definition) is 2. The quantitative estimate of drug-likeness (QED) is 0.584. The molecule has 0 atom stereocenters. The van der Waals surface area contributed by atoms with Crippen molar-refractivity contribution in [1.82, 2.24) is 0 Å². The van der Waals surface area contributed by atoms with Crippen LogP contribution in [0.3, 0.4) is 0 Å². The molecule has 0 saturated heterocycles. The van der Waals surface area contributed by atoms with Gasteiger partial charge >= 0.3 is 0 Å². The van der Waals surface area contributed by atoms with Crippen LogP contribution in [0.25, 0.3) is 0 Å². The fourth-order valence-corrected chi connectivity index (χ4v) is 1.61. The highest BCUT2D eigenvalue weighted by Crippen LogP contribution is 2.12. The molecule has 17 heavy (non-hydrogen) atoms. The molecule has 0 unspecified atom stereocenters. The van der Waals surface area contributed by atoms with E-state index in [-0.39, 0.29) is 0 Å². The van der Waals surface area contributed by atoms with E-state index in [9.17, 15) is 9.59 Å². The average Bonchev–Trinajstić information content (AvgIpc) is 2.67. The molecule has 0 saturated carbocycles. The Bertz CT molecular complexity index is 519. The van der Waals surface area contributed by atoms with Crippen LogP contribution in [-0.4, -0.2) is 11.6 Å². The van der Waals surface area contributed by atoms with Crippen LogP contribution in [-0.2, 0) is 4.79 Å². The Hall–Kier alpha value is -2.22. The number of carbonyl (C=O) groups excluding carboxylic acids is 2. The molecule has 2 nitrogen and oxygen atoms in total. The van der Waals surface area contributed by atoms with E-state index in [1.165, 1.54) is 0 Å². The SMILES string of the molecule is O=C(C(=O)c1ccccc1)C1=CC=CC=CC1. The first-order valence-corrected chi connectivity index (χ1v) is 5.45. The number of ketones is 2. The molecule has 0 spiro atoms. The lowest BCUT2D eigenvalue weighted by atomic mass is 9.99. The second-order valence-electron chi connectivity index (χ2n) is 3.73. The van der Waals surface area contributed by atoms with Gasteiger partial charge in [-0.05, 0) is 6.42 Å². The van der Waals surface area contributed by atoms with Crippen LogP contribution in [0.5, 0.6) is 0 Å². The normalized spacial score (nSPS) is 14.0. The summed E-state index contributed by atoms with van der Waals surface area (Å²) < 4.78 is 0. The summed E-state index contributed by atoms with van der Waals surface area (Å²) >= 11 is 0. The number of allylic oxidation sites excluding steroid dienone is 6. The summed E-state index contributed by atoms with van der Waals surface area (Å²) in [5.74, 6) is -0.868. The van der Waals surface area contributed by atoms with Gasteiger partial charge in [-0.1, -0.05) is 60.7 Å². The Balaban J connectivity index is 2.21. The monoisotopic (exact) mass is 224 g/mol. The van der Waals surface area contributed by atoms with Crippen molar-refractivity contribution in [3.8, 4) is 0 Å². The number of benzene rings is 1. The molecule has 0 bridgehead atoms. The summed E-state index contributed by atoms with van der Waals surface area (Å²) in [4.78, 5) is 23.9. The topological polar surface area (TPSA) is 34.1 Å². The minimum absolute atomic E-state index is 0.424. The van der Waals surface area contributed by atoms with Gasteiger partial charge in [0.15, 0.2) is 0 Å². The van der Waals surface area contributed by atoms with Gasteiger partial charge in [-0.2, -0.15) is 0 Å². The first-order chi connectivity index (χ1) is 8.29. The molecule has 0 amide bonds. The molecule has 0 radical (unpaired) electrons. The molecule has 0 aromatic heterocycles. The van der Waals surface area contributed by atoms with Gasteiger partial charge in [0.2, 0.25) is 11.6 Å². The maximum absolute atomic E-state index is 12.0. The van der Waals surface area contributed by atoms with Gasteiger partial charge in [-0.3, -0.25) is 9.59 Å². The Morgan fingerprint density at radius 2 is 1.65 bits per heavy atom. The highest BCUT2D eigenvalue weighted by Gasteiger charge is 2.19. The van der Waals surface area contributed by atoms with E-state index < -0.39 is 11.6 Å². The molecule has 2 heteroatoms. The minimum atomic E-state index is -0.444. The van der Waals surface area contributed by atoms with Crippen LogP contribution in [0.4, 0.5) is 0 Å². The zero-order chi connectivity index (χ0) is 12.1. The predicted octanol–water partition coefficient (Wildman–Crippen LogP) is 2.88. The first-order valence-electron chi connectivity index (χ1n) is 5.45. The van der Waals surface area contributed by atoms with Crippen LogP contribution in [0.15, 0.2) is 66.3 Å². The zero-order valence-corrected chi connectivity index (χ0v) is 9.30. The van der Waals surface area contributed by atoms with E-state index in [1.54, 1.807) is 36.4 Å². The smallest absolute Gasteiger partial charge is 0.233 e. The molecule has 1 aliphatic carbocycles. The lowest BCUT2D eigenvalue weighted by Crippen LogP contribution is -2.16. The average molecular weight is 224 g/mol. The van der Waals surface area contributed by atoms with Gasteiger partial charge in [0, 0.05) is 11.1 Å². The third kappa shape index (κ3) is 2.67. The van der Waals surface area contributed by atoms with E-state index in [1.807, 2.05) is 24.3 Å². The summed E-state index contributed by atoms with van der Waals surface area (Å²) in [6.07, 6.45) is 9.55. The molecule has 2 rings (SSSR count).